The number of nitrogens with two attached hydrogens (primary N) is 7. The van der Waals surface area contributed by atoms with Gasteiger partial charge < -0.3 is 50.1 Å². The number of oxime groups is 1. The Labute approximate surface area is 437 Å². The summed E-state index contributed by atoms with van der Waals surface area (Å²) >= 11 is 11.7. The Bertz CT molecular complexity index is 2720. The summed E-state index contributed by atoms with van der Waals surface area (Å²) in [7, 11) is 1.66. The third-order valence-corrected chi connectivity index (χ3v) is 11.3. The lowest BCUT2D eigenvalue weighted by atomic mass is 10.1. The molecule has 16 N–H and O–H groups in total. The van der Waals surface area contributed by atoms with Gasteiger partial charge in [-0.1, -0.05) is 153 Å². The molecule has 0 unspecified atom stereocenters. The van der Waals surface area contributed by atoms with Gasteiger partial charge in [0.1, 0.15) is 17.4 Å². The van der Waals surface area contributed by atoms with Gasteiger partial charge in [0.15, 0.2) is 5.84 Å². The molecule has 0 saturated carbocycles. The maximum atomic E-state index is 12.7. The molecule has 0 aliphatic heterocycles. The number of halogens is 3. The fraction of sp³-hybridized carbons (Fsp3) is 0.241. The smallest absolute Gasteiger partial charge is 0.170 e. The molecule has 0 amide bonds. The zero-order valence-electron chi connectivity index (χ0n) is 43.3. The van der Waals surface area contributed by atoms with Crippen molar-refractivity contribution in [3.8, 4) is 5.75 Å². The van der Waals surface area contributed by atoms with E-state index in [0.29, 0.717) is 31.7 Å². The van der Waals surface area contributed by atoms with Crippen molar-refractivity contribution in [3.05, 3.63) is 239 Å². The van der Waals surface area contributed by atoms with Crippen LogP contribution >= 0.6 is 23.2 Å². The molecule has 7 aromatic rings. The third-order valence-electron chi connectivity index (χ3n) is 10.5. The van der Waals surface area contributed by atoms with Gasteiger partial charge in [-0.05, 0) is 137 Å². The second kappa shape index (κ2) is 34.7. The molecule has 11 nitrogen and oxygen atoms in total. The van der Waals surface area contributed by atoms with E-state index in [-0.39, 0.29) is 24.0 Å². The fourth-order valence-electron chi connectivity index (χ4n) is 6.29. The van der Waals surface area contributed by atoms with E-state index in [0.717, 1.165) is 60.3 Å². The number of benzene rings is 7. The molecule has 0 heterocycles. The van der Waals surface area contributed by atoms with Crippen molar-refractivity contribution in [2.45, 2.75) is 88.1 Å². The van der Waals surface area contributed by atoms with Crippen LogP contribution in [0.2, 0.25) is 10.0 Å². The number of amidine groups is 2. The first kappa shape index (κ1) is 63.4. The first-order chi connectivity index (χ1) is 34.2. The highest BCUT2D eigenvalue weighted by Gasteiger charge is 2.02. The summed E-state index contributed by atoms with van der Waals surface area (Å²) in [6, 6.07) is 44.0. The Kier molecular flexibility index (Phi) is 30.5. The minimum Gasteiger partial charge on any atom is -0.497 e. The summed E-state index contributed by atoms with van der Waals surface area (Å²) in [4.78, 5) is 0. The van der Waals surface area contributed by atoms with Crippen LogP contribution in [-0.2, 0) is 32.7 Å². The highest BCUT2D eigenvalue weighted by Crippen LogP contribution is 2.20. The second-order valence-corrected chi connectivity index (χ2v) is 17.5. The van der Waals surface area contributed by atoms with Gasteiger partial charge in [0.05, 0.1) is 7.11 Å². The minimum atomic E-state index is -0.215. The van der Waals surface area contributed by atoms with Gasteiger partial charge >= 0.3 is 0 Å². The average molecular weight is 1020 g/mol. The average Bonchev–Trinajstić information content (AvgIpc) is 3.37. The maximum absolute atomic E-state index is 12.7. The monoisotopic (exact) mass is 1020 g/mol. The van der Waals surface area contributed by atoms with E-state index in [2.05, 4.69) is 24.2 Å². The molecular weight excluding hydrogens is 945 g/mol. The molecule has 0 aromatic heterocycles. The van der Waals surface area contributed by atoms with Gasteiger partial charge in [0.25, 0.3) is 0 Å². The van der Waals surface area contributed by atoms with Crippen LogP contribution in [-0.4, -0.2) is 24.0 Å². The van der Waals surface area contributed by atoms with Crippen molar-refractivity contribution in [3.63, 3.8) is 0 Å². The molecule has 72 heavy (non-hydrogen) atoms. The number of methoxy groups -OCH3 is 1. The summed E-state index contributed by atoms with van der Waals surface area (Å²) in [6.45, 7) is 18.6. The Morgan fingerprint density at radius 1 is 0.500 bits per heavy atom. The van der Waals surface area contributed by atoms with Crippen molar-refractivity contribution < 1.29 is 14.3 Å². The van der Waals surface area contributed by atoms with Crippen molar-refractivity contribution >= 4 is 34.9 Å². The lowest BCUT2D eigenvalue weighted by Crippen LogP contribution is -2.12. The minimum absolute atomic E-state index is 0.128. The first-order valence-electron chi connectivity index (χ1n) is 23.1. The summed E-state index contributed by atoms with van der Waals surface area (Å²) in [5.41, 5.74) is 53.7. The van der Waals surface area contributed by atoms with Gasteiger partial charge in [-0.15, -0.1) is 0 Å². The van der Waals surface area contributed by atoms with Gasteiger partial charge in [0, 0.05) is 59.5 Å². The molecule has 0 fully saturated rings. The van der Waals surface area contributed by atoms with E-state index in [4.69, 9.17) is 78.7 Å². The van der Waals surface area contributed by atoms with Crippen LogP contribution in [0, 0.1) is 66.6 Å². The number of nitrogens with zero attached hydrogens (tertiary/aromatic N) is 1. The summed E-state index contributed by atoms with van der Waals surface area (Å²) < 4.78 is 17.7. The Balaban J connectivity index is 0.000000420. The molecule has 0 bridgehead atoms. The molecule has 386 valence electrons. The van der Waals surface area contributed by atoms with Crippen molar-refractivity contribution in [2.75, 3.05) is 7.11 Å². The Morgan fingerprint density at radius 2 is 0.986 bits per heavy atom. The van der Waals surface area contributed by atoms with Crippen LogP contribution in [0.3, 0.4) is 0 Å². The molecule has 0 aliphatic carbocycles. The molecule has 0 saturated heterocycles. The predicted molar refractivity (Wildman–Crippen MR) is 303 cm³/mol. The first-order valence-corrected chi connectivity index (χ1v) is 23.8. The standard InChI is InChI=1S/C9H12ClN.C9H13NO.C8H10ClN.C8H10FN.C8H10N2O.C8H10N2.C8H11N/c1-6-4-9(10)7(2)3-8(6)5-11;1-7-3-4-9(11-2)5-8(7)6-10;2*1-6-2-3-8(9)7(4-6)5-10;1-6-3-2-4-7(5-6)8(9)10-11;1-6-3-2-4-7(5-6)8(9)10;1-7-3-2-4-8(5-7)6-9/h3-4H,5,11H2,1-2H3;3-5H,6,10H2,1-2H3;2*2-4H,5,10H2,1H3;2-5,11H,1H3,(H2,9,10);2-5H,1H3,(H3,9,10);2-5H,6,9H2,1H3. The molecule has 7 aromatic carbocycles. The molecule has 14 heteroatoms. The normalized spacial score (nSPS) is 10.0. The van der Waals surface area contributed by atoms with Gasteiger partial charge in [-0.25, -0.2) is 4.39 Å². The number of nitrogen functional groups attached to an aromatic ring is 1. The van der Waals surface area contributed by atoms with E-state index in [1.807, 2.05) is 152 Å². The van der Waals surface area contributed by atoms with Gasteiger partial charge in [0.2, 0.25) is 0 Å². The molecule has 0 radical (unpaired) electrons. The SMILES string of the molecule is COc1ccc(C)c(CN)c1.Cc1cc(CN)c(C)cc1Cl.Cc1ccc(Cl)c(CN)c1.Cc1ccc(F)c(CN)c1.Cc1cccc(C(=N)N)c1.Cc1cccc(C(N)=NO)c1.Cc1cccc(CN)c1. The number of hydrogen-bond donors (Lipinski definition) is 9. The maximum Gasteiger partial charge on any atom is 0.170 e. The van der Waals surface area contributed by atoms with Crippen molar-refractivity contribution in [2.24, 2.45) is 45.3 Å². The van der Waals surface area contributed by atoms with E-state index < -0.39 is 0 Å². The van der Waals surface area contributed by atoms with Crippen LogP contribution in [0.5, 0.6) is 5.75 Å². The number of hydrogen-bond acceptors (Lipinski definition) is 9. The summed E-state index contributed by atoms with van der Waals surface area (Å²) in [5.74, 6) is 0.932. The zero-order valence-corrected chi connectivity index (χ0v) is 44.8. The molecule has 0 aliphatic rings. The molecular formula is C58H76Cl2FN9O2. The second-order valence-electron chi connectivity index (χ2n) is 16.7. The van der Waals surface area contributed by atoms with E-state index >= 15 is 0 Å². The molecule has 0 atom stereocenters. The van der Waals surface area contributed by atoms with Crippen LogP contribution in [0.1, 0.15) is 83.5 Å². The largest absolute Gasteiger partial charge is 0.497 e. The predicted octanol–water partition coefficient (Wildman–Crippen LogP) is 11.4. The Morgan fingerprint density at radius 3 is 1.43 bits per heavy atom. The third kappa shape index (κ3) is 24.5. The van der Waals surface area contributed by atoms with Crippen LogP contribution in [0.4, 0.5) is 4.39 Å². The fourth-order valence-corrected chi connectivity index (χ4v) is 6.70. The summed E-state index contributed by atoms with van der Waals surface area (Å²) in [5, 5.41) is 19.9. The van der Waals surface area contributed by atoms with E-state index in [1.165, 1.54) is 39.4 Å². The molecule has 7 rings (SSSR count). The van der Waals surface area contributed by atoms with Gasteiger partial charge in [-0.2, -0.15) is 0 Å². The van der Waals surface area contributed by atoms with E-state index in [9.17, 15) is 4.39 Å². The zero-order chi connectivity index (χ0) is 54.3. The van der Waals surface area contributed by atoms with Crippen LogP contribution < -0.4 is 44.9 Å². The number of aryl methyl sites for hydroxylation is 8. The lowest BCUT2D eigenvalue weighted by Gasteiger charge is -2.05. The highest BCUT2D eigenvalue weighted by molar-refractivity contribution is 6.31. The van der Waals surface area contributed by atoms with Gasteiger partial charge in [-0.3, -0.25) is 5.41 Å². The number of ether oxygens (including phenoxy) is 1. The summed E-state index contributed by atoms with van der Waals surface area (Å²) in [6.07, 6.45) is 0. The van der Waals surface area contributed by atoms with Crippen LogP contribution in [0.15, 0.2) is 145 Å². The lowest BCUT2D eigenvalue weighted by molar-refractivity contribution is 0.318. The van der Waals surface area contributed by atoms with Crippen LogP contribution in [0.25, 0.3) is 0 Å². The Hall–Kier alpha value is -6.61. The topological polar surface area (TPSA) is 248 Å². The van der Waals surface area contributed by atoms with Crippen molar-refractivity contribution in [1.29, 1.82) is 5.41 Å². The number of nitrogens with one attached hydrogen (secondary N) is 1. The van der Waals surface area contributed by atoms with E-state index in [1.54, 1.807) is 25.3 Å². The highest BCUT2D eigenvalue weighted by atomic mass is 35.5. The molecule has 0 spiro atoms. The number of rotatable bonds is 8. The van der Waals surface area contributed by atoms with Crippen molar-refractivity contribution in [1.82, 2.24) is 0 Å². The quantitative estimate of drug-likeness (QED) is 0.0304.